The SMILES string of the molecule is COc1ccc(CN2[C@H](CO)[C@H]3c4ccccc4N(C(=O)c4ccccc4)C[C@H]32)cc1. The summed E-state index contributed by atoms with van der Waals surface area (Å²) in [4.78, 5) is 17.6. The van der Waals surface area contributed by atoms with Gasteiger partial charge in [0.15, 0.2) is 0 Å². The van der Waals surface area contributed by atoms with Crippen molar-refractivity contribution < 1.29 is 14.6 Å². The van der Waals surface area contributed by atoms with Crippen LogP contribution in [0.25, 0.3) is 0 Å². The molecule has 0 saturated carbocycles. The van der Waals surface area contributed by atoms with Crippen LogP contribution in [0.1, 0.15) is 27.4 Å². The maximum Gasteiger partial charge on any atom is 0.258 e. The molecule has 0 spiro atoms. The van der Waals surface area contributed by atoms with Gasteiger partial charge < -0.3 is 14.7 Å². The Hall–Kier alpha value is -3.15. The van der Waals surface area contributed by atoms with Crippen molar-refractivity contribution in [2.45, 2.75) is 24.5 Å². The number of hydrogen-bond donors (Lipinski definition) is 1. The first-order chi connectivity index (χ1) is 15.2. The molecule has 1 amide bonds. The Kier molecular flexibility index (Phi) is 5.22. The monoisotopic (exact) mass is 414 g/mol. The summed E-state index contributed by atoms with van der Waals surface area (Å²) in [5, 5.41) is 10.2. The number of hydrogen-bond acceptors (Lipinski definition) is 4. The van der Waals surface area contributed by atoms with Gasteiger partial charge in [-0.3, -0.25) is 9.69 Å². The minimum atomic E-state index is 0.0170. The lowest BCUT2D eigenvalue weighted by molar-refractivity contribution is -0.0488. The van der Waals surface area contributed by atoms with Crippen molar-refractivity contribution in [3.05, 3.63) is 95.6 Å². The Balaban J connectivity index is 1.46. The van der Waals surface area contributed by atoms with Gasteiger partial charge in [0.05, 0.1) is 13.7 Å². The van der Waals surface area contributed by atoms with Crippen LogP contribution in [0.4, 0.5) is 5.69 Å². The Labute approximate surface area is 182 Å². The molecule has 0 radical (unpaired) electrons. The van der Waals surface area contributed by atoms with Gasteiger partial charge >= 0.3 is 0 Å². The molecule has 3 aromatic carbocycles. The minimum absolute atomic E-state index is 0.0170. The topological polar surface area (TPSA) is 53.0 Å². The molecule has 3 aromatic rings. The third kappa shape index (κ3) is 3.40. The molecule has 1 fully saturated rings. The van der Waals surface area contributed by atoms with Crippen LogP contribution >= 0.6 is 0 Å². The molecule has 5 rings (SSSR count). The number of fused-ring (bicyclic) bond motifs is 3. The third-order valence-corrected chi connectivity index (χ3v) is 6.61. The van der Waals surface area contributed by atoms with E-state index in [-0.39, 0.29) is 30.5 Å². The standard InChI is InChI=1S/C26H26N2O3/c1-31-20-13-11-18(12-14-20)15-27-23-16-28(26(30)19-7-3-2-4-8-19)22-10-6-5-9-21(22)25(23)24(27)17-29/h2-14,23-25,29H,15-17H2,1H3/t23-,24-,25+/m1/s1. The zero-order chi connectivity index (χ0) is 21.4. The van der Waals surface area contributed by atoms with Gasteiger partial charge in [-0.1, -0.05) is 48.5 Å². The molecule has 3 atom stereocenters. The van der Waals surface area contributed by atoms with Crippen molar-refractivity contribution in [1.82, 2.24) is 4.90 Å². The summed E-state index contributed by atoms with van der Waals surface area (Å²) in [6, 6.07) is 25.8. The molecule has 158 valence electrons. The van der Waals surface area contributed by atoms with Crippen molar-refractivity contribution >= 4 is 11.6 Å². The van der Waals surface area contributed by atoms with E-state index in [0.29, 0.717) is 12.1 Å². The van der Waals surface area contributed by atoms with Crippen LogP contribution in [0, 0.1) is 0 Å². The number of ether oxygens (including phenoxy) is 1. The van der Waals surface area contributed by atoms with Gasteiger partial charge in [0.1, 0.15) is 5.75 Å². The number of carbonyl (C=O) groups excluding carboxylic acids is 1. The second kappa shape index (κ2) is 8.17. The largest absolute Gasteiger partial charge is 0.497 e. The normalized spacial score (nSPS) is 22.3. The van der Waals surface area contributed by atoms with E-state index >= 15 is 0 Å². The fourth-order valence-corrected chi connectivity index (χ4v) is 5.07. The summed E-state index contributed by atoms with van der Waals surface area (Å²) in [7, 11) is 1.66. The first kappa shape index (κ1) is 19.8. The van der Waals surface area contributed by atoms with E-state index in [2.05, 4.69) is 23.1 Å². The lowest BCUT2D eigenvalue weighted by Crippen LogP contribution is -2.68. The van der Waals surface area contributed by atoms with Crippen LogP contribution in [-0.4, -0.2) is 48.3 Å². The van der Waals surface area contributed by atoms with E-state index in [4.69, 9.17) is 4.74 Å². The number of likely N-dealkylation sites (tertiary alicyclic amines) is 1. The highest BCUT2D eigenvalue weighted by atomic mass is 16.5. The van der Waals surface area contributed by atoms with Crippen LogP contribution in [0.15, 0.2) is 78.9 Å². The molecule has 5 heteroatoms. The summed E-state index contributed by atoms with van der Waals surface area (Å²) in [5.41, 5.74) is 3.96. The van der Waals surface area contributed by atoms with E-state index < -0.39 is 0 Å². The molecule has 1 N–H and O–H groups in total. The number of rotatable bonds is 5. The first-order valence-electron chi connectivity index (χ1n) is 10.7. The Morgan fingerprint density at radius 1 is 1.00 bits per heavy atom. The number of aliphatic hydroxyl groups excluding tert-OH is 1. The number of methoxy groups -OCH3 is 1. The van der Waals surface area contributed by atoms with Gasteiger partial charge in [-0.2, -0.15) is 0 Å². The molecule has 1 saturated heterocycles. The first-order valence-corrected chi connectivity index (χ1v) is 10.7. The van der Waals surface area contributed by atoms with E-state index in [1.54, 1.807) is 7.11 Å². The molecular formula is C26H26N2O3. The molecule has 2 aliphatic heterocycles. The highest BCUT2D eigenvalue weighted by Gasteiger charge is 2.53. The lowest BCUT2D eigenvalue weighted by atomic mass is 9.71. The molecular weight excluding hydrogens is 388 g/mol. The number of aliphatic hydroxyl groups is 1. The maximum absolute atomic E-state index is 13.4. The van der Waals surface area contributed by atoms with Gasteiger partial charge in [-0.15, -0.1) is 0 Å². The zero-order valence-electron chi connectivity index (χ0n) is 17.5. The maximum atomic E-state index is 13.4. The number of para-hydroxylation sites is 1. The summed E-state index contributed by atoms with van der Waals surface area (Å²) in [6.45, 7) is 1.44. The fraction of sp³-hybridized carbons (Fsp3) is 0.269. The minimum Gasteiger partial charge on any atom is -0.497 e. The lowest BCUT2D eigenvalue weighted by Gasteiger charge is -2.59. The molecule has 0 unspecified atom stereocenters. The Morgan fingerprint density at radius 3 is 2.42 bits per heavy atom. The summed E-state index contributed by atoms with van der Waals surface area (Å²) in [5.74, 6) is 1.07. The Morgan fingerprint density at radius 2 is 1.71 bits per heavy atom. The van der Waals surface area contributed by atoms with Gasteiger partial charge in [0.25, 0.3) is 5.91 Å². The molecule has 2 heterocycles. The van der Waals surface area contributed by atoms with Gasteiger partial charge in [-0.25, -0.2) is 0 Å². The number of nitrogens with zero attached hydrogens (tertiary/aromatic N) is 2. The van der Waals surface area contributed by atoms with Crippen LogP contribution in [0.3, 0.4) is 0 Å². The van der Waals surface area contributed by atoms with Gasteiger partial charge in [-0.05, 0) is 41.5 Å². The van der Waals surface area contributed by atoms with Crippen molar-refractivity contribution in [3.8, 4) is 5.75 Å². The number of carbonyl (C=O) groups is 1. The Bertz CT molecular complexity index is 1070. The smallest absolute Gasteiger partial charge is 0.258 e. The summed E-state index contributed by atoms with van der Waals surface area (Å²) < 4.78 is 5.27. The second-order valence-corrected chi connectivity index (χ2v) is 8.20. The van der Waals surface area contributed by atoms with Crippen molar-refractivity contribution in [2.24, 2.45) is 0 Å². The third-order valence-electron chi connectivity index (χ3n) is 6.61. The number of amides is 1. The quantitative estimate of drug-likeness (QED) is 0.692. The zero-order valence-corrected chi connectivity index (χ0v) is 17.5. The fourth-order valence-electron chi connectivity index (χ4n) is 5.07. The van der Waals surface area contributed by atoms with Gasteiger partial charge in [0, 0.05) is 42.3 Å². The van der Waals surface area contributed by atoms with E-state index in [9.17, 15) is 9.90 Å². The predicted molar refractivity (Wildman–Crippen MR) is 121 cm³/mol. The van der Waals surface area contributed by atoms with E-state index in [1.165, 1.54) is 0 Å². The predicted octanol–water partition coefficient (Wildman–Crippen LogP) is 3.68. The van der Waals surface area contributed by atoms with Crippen LogP contribution < -0.4 is 9.64 Å². The molecule has 2 aliphatic rings. The van der Waals surface area contributed by atoms with Crippen LogP contribution in [0.5, 0.6) is 5.75 Å². The summed E-state index contributed by atoms with van der Waals surface area (Å²) in [6.07, 6.45) is 0. The summed E-state index contributed by atoms with van der Waals surface area (Å²) >= 11 is 0. The van der Waals surface area contributed by atoms with E-state index in [1.807, 2.05) is 65.6 Å². The average molecular weight is 415 g/mol. The number of benzene rings is 3. The highest BCUT2D eigenvalue weighted by Crippen LogP contribution is 2.48. The molecule has 0 bridgehead atoms. The highest BCUT2D eigenvalue weighted by molar-refractivity contribution is 6.07. The van der Waals surface area contributed by atoms with Crippen LogP contribution in [0.2, 0.25) is 0 Å². The molecule has 0 aliphatic carbocycles. The van der Waals surface area contributed by atoms with Crippen LogP contribution in [-0.2, 0) is 6.54 Å². The van der Waals surface area contributed by atoms with E-state index in [0.717, 1.165) is 29.1 Å². The molecule has 0 aromatic heterocycles. The molecule has 31 heavy (non-hydrogen) atoms. The van der Waals surface area contributed by atoms with Gasteiger partial charge in [0.2, 0.25) is 0 Å². The van der Waals surface area contributed by atoms with Crippen molar-refractivity contribution in [2.75, 3.05) is 25.2 Å². The molecule has 5 nitrogen and oxygen atoms in total. The second-order valence-electron chi connectivity index (χ2n) is 8.20. The van der Waals surface area contributed by atoms with Crippen molar-refractivity contribution in [3.63, 3.8) is 0 Å². The number of anilines is 1. The van der Waals surface area contributed by atoms with Crippen molar-refractivity contribution in [1.29, 1.82) is 0 Å². The average Bonchev–Trinajstić information content (AvgIpc) is 2.83.